The molecular formula is C14H15BrN2O3S. The van der Waals surface area contributed by atoms with Gasteiger partial charge in [-0.15, -0.1) is 0 Å². The molecule has 0 bridgehead atoms. The number of halogens is 1. The largest absolute Gasteiger partial charge is 0.493 e. The zero-order chi connectivity index (χ0) is 15.6. The van der Waals surface area contributed by atoms with E-state index in [0.29, 0.717) is 21.6 Å². The average Bonchev–Trinajstić information content (AvgIpc) is 2.74. The molecule has 2 rings (SSSR count). The van der Waals surface area contributed by atoms with Crippen molar-refractivity contribution in [2.75, 3.05) is 28.3 Å². The lowest BCUT2D eigenvalue weighted by atomic mass is 10.2. The second-order valence-corrected chi connectivity index (χ2v) is 6.08. The zero-order valence-corrected chi connectivity index (χ0v) is 14.5. The molecule has 1 aliphatic heterocycles. The Morgan fingerprint density at radius 2 is 2.05 bits per heavy atom. The van der Waals surface area contributed by atoms with Crippen LogP contribution in [0, 0.1) is 0 Å². The molecule has 0 aromatic heterocycles. The Kier molecular flexibility index (Phi) is 4.95. The van der Waals surface area contributed by atoms with Crippen LogP contribution in [-0.4, -0.2) is 44.3 Å². The van der Waals surface area contributed by atoms with E-state index in [9.17, 15) is 4.79 Å². The fourth-order valence-electron chi connectivity index (χ4n) is 1.92. The normalized spacial score (nSPS) is 18.7. The molecule has 21 heavy (non-hydrogen) atoms. The maximum atomic E-state index is 12.1. The SMILES string of the molecule is CN=C1S/C(=C\c2cc(Br)c(OC)c(OC)c2)C(=O)N1C. The fourth-order valence-corrected chi connectivity index (χ4v) is 3.47. The first kappa shape index (κ1) is 15.9. The zero-order valence-electron chi connectivity index (χ0n) is 12.1. The molecule has 0 aliphatic carbocycles. The molecule has 5 nitrogen and oxygen atoms in total. The summed E-state index contributed by atoms with van der Waals surface area (Å²) in [4.78, 5) is 18.4. The Morgan fingerprint density at radius 1 is 1.33 bits per heavy atom. The van der Waals surface area contributed by atoms with Crippen LogP contribution in [-0.2, 0) is 4.79 Å². The van der Waals surface area contributed by atoms with E-state index < -0.39 is 0 Å². The van der Waals surface area contributed by atoms with Gasteiger partial charge in [0.2, 0.25) is 0 Å². The first-order valence-corrected chi connectivity index (χ1v) is 7.68. The lowest BCUT2D eigenvalue weighted by Crippen LogP contribution is -2.23. The summed E-state index contributed by atoms with van der Waals surface area (Å²) in [5.41, 5.74) is 0.848. The number of thioether (sulfide) groups is 1. The Labute approximate surface area is 136 Å². The number of hydrogen-bond acceptors (Lipinski definition) is 5. The molecule has 1 aromatic carbocycles. The quantitative estimate of drug-likeness (QED) is 0.767. The van der Waals surface area contributed by atoms with Crippen molar-refractivity contribution in [3.8, 4) is 11.5 Å². The average molecular weight is 371 g/mol. The van der Waals surface area contributed by atoms with Gasteiger partial charge in [-0.2, -0.15) is 0 Å². The standard InChI is InChI=1S/C14H15BrN2O3S/c1-16-14-17(2)13(18)11(21-14)7-8-5-9(15)12(20-4)10(6-8)19-3/h5-7H,1-4H3/b11-7-,16-14?. The first-order chi connectivity index (χ1) is 10.0. The van der Waals surface area contributed by atoms with Gasteiger partial charge in [0.1, 0.15) is 0 Å². The van der Waals surface area contributed by atoms with Crippen molar-refractivity contribution < 1.29 is 14.3 Å². The molecule has 0 saturated carbocycles. The van der Waals surface area contributed by atoms with E-state index in [2.05, 4.69) is 20.9 Å². The van der Waals surface area contributed by atoms with Gasteiger partial charge in [-0.05, 0) is 51.5 Å². The van der Waals surface area contributed by atoms with Crippen LogP contribution >= 0.6 is 27.7 Å². The third kappa shape index (κ3) is 3.08. The fraction of sp³-hybridized carbons (Fsp3) is 0.286. The molecule has 1 aromatic rings. The van der Waals surface area contributed by atoms with Crippen LogP contribution < -0.4 is 9.47 Å². The van der Waals surface area contributed by atoms with Crippen LogP contribution in [0.1, 0.15) is 5.56 Å². The minimum absolute atomic E-state index is 0.0634. The summed E-state index contributed by atoms with van der Waals surface area (Å²) in [5, 5.41) is 0.686. The van der Waals surface area contributed by atoms with Gasteiger partial charge in [-0.1, -0.05) is 0 Å². The molecule has 0 radical (unpaired) electrons. The van der Waals surface area contributed by atoms with E-state index in [0.717, 1.165) is 10.0 Å². The number of aliphatic imine (C=N–C) groups is 1. The minimum atomic E-state index is -0.0634. The third-order valence-electron chi connectivity index (χ3n) is 2.95. The van der Waals surface area contributed by atoms with Crippen molar-refractivity contribution in [2.45, 2.75) is 0 Å². The Hall–Kier alpha value is -1.47. The molecule has 1 aliphatic rings. The van der Waals surface area contributed by atoms with Crippen molar-refractivity contribution in [1.82, 2.24) is 4.90 Å². The maximum absolute atomic E-state index is 12.1. The van der Waals surface area contributed by atoms with E-state index in [4.69, 9.17) is 9.47 Å². The second kappa shape index (κ2) is 6.53. The molecule has 112 valence electrons. The van der Waals surface area contributed by atoms with Crippen molar-refractivity contribution in [2.24, 2.45) is 4.99 Å². The molecule has 1 amide bonds. The van der Waals surface area contributed by atoms with Gasteiger partial charge in [0.15, 0.2) is 16.7 Å². The van der Waals surface area contributed by atoms with E-state index >= 15 is 0 Å². The number of hydrogen-bond donors (Lipinski definition) is 0. The smallest absolute Gasteiger partial charge is 0.266 e. The van der Waals surface area contributed by atoms with E-state index in [1.54, 1.807) is 28.3 Å². The number of ether oxygens (including phenoxy) is 2. The van der Waals surface area contributed by atoms with Gasteiger partial charge in [-0.3, -0.25) is 14.7 Å². The number of benzene rings is 1. The summed E-state index contributed by atoms with van der Waals surface area (Å²) >= 11 is 4.79. The van der Waals surface area contributed by atoms with Gasteiger partial charge in [-0.25, -0.2) is 0 Å². The van der Waals surface area contributed by atoms with Crippen LogP contribution in [0.25, 0.3) is 6.08 Å². The van der Waals surface area contributed by atoms with Crippen LogP contribution in [0.4, 0.5) is 0 Å². The summed E-state index contributed by atoms with van der Waals surface area (Å²) in [6.07, 6.45) is 1.81. The summed E-state index contributed by atoms with van der Waals surface area (Å²) in [5.74, 6) is 1.16. The highest BCUT2D eigenvalue weighted by atomic mass is 79.9. The van der Waals surface area contributed by atoms with E-state index in [1.165, 1.54) is 16.7 Å². The molecule has 7 heteroatoms. The molecule has 0 atom stereocenters. The summed E-state index contributed by atoms with van der Waals surface area (Å²) in [6, 6.07) is 3.70. The number of methoxy groups -OCH3 is 2. The lowest BCUT2D eigenvalue weighted by Gasteiger charge is -2.10. The lowest BCUT2D eigenvalue weighted by molar-refractivity contribution is -0.121. The van der Waals surface area contributed by atoms with Crippen molar-refractivity contribution in [3.63, 3.8) is 0 Å². The number of carbonyl (C=O) groups excluding carboxylic acids is 1. The Morgan fingerprint density at radius 3 is 2.57 bits per heavy atom. The van der Waals surface area contributed by atoms with Crippen molar-refractivity contribution >= 4 is 44.8 Å². The summed E-state index contributed by atoms with van der Waals surface area (Å²) < 4.78 is 11.3. The molecule has 0 unspecified atom stereocenters. The number of amidine groups is 1. The van der Waals surface area contributed by atoms with Gasteiger partial charge in [0, 0.05) is 14.1 Å². The first-order valence-electron chi connectivity index (χ1n) is 6.07. The monoisotopic (exact) mass is 370 g/mol. The summed E-state index contributed by atoms with van der Waals surface area (Å²) in [6.45, 7) is 0. The predicted molar refractivity (Wildman–Crippen MR) is 88.9 cm³/mol. The number of amides is 1. The van der Waals surface area contributed by atoms with Crippen molar-refractivity contribution in [3.05, 3.63) is 27.1 Å². The Bertz CT molecular complexity index is 643. The van der Waals surface area contributed by atoms with Crippen LogP contribution in [0.5, 0.6) is 11.5 Å². The number of likely N-dealkylation sites (N-methyl/N-ethyl adjacent to an activating group) is 1. The second-order valence-electron chi connectivity index (χ2n) is 4.22. The number of nitrogens with zero attached hydrogens (tertiary/aromatic N) is 2. The highest BCUT2D eigenvalue weighted by Gasteiger charge is 2.29. The molecule has 0 N–H and O–H groups in total. The third-order valence-corrected chi connectivity index (χ3v) is 4.69. The van der Waals surface area contributed by atoms with E-state index in [-0.39, 0.29) is 5.91 Å². The highest BCUT2D eigenvalue weighted by molar-refractivity contribution is 9.10. The molecule has 1 saturated heterocycles. The van der Waals surface area contributed by atoms with Gasteiger partial charge in [0.05, 0.1) is 23.6 Å². The predicted octanol–water partition coefficient (Wildman–Crippen LogP) is 3.00. The summed E-state index contributed by atoms with van der Waals surface area (Å²) in [7, 11) is 6.54. The van der Waals surface area contributed by atoms with Crippen molar-refractivity contribution in [1.29, 1.82) is 0 Å². The van der Waals surface area contributed by atoms with E-state index in [1.807, 2.05) is 18.2 Å². The van der Waals surface area contributed by atoms with Gasteiger partial charge in [0.25, 0.3) is 5.91 Å². The Balaban J connectivity index is 2.42. The highest BCUT2D eigenvalue weighted by Crippen LogP contribution is 2.38. The van der Waals surface area contributed by atoms with Gasteiger partial charge >= 0.3 is 0 Å². The molecular weight excluding hydrogens is 356 g/mol. The number of rotatable bonds is 3. The van der Waals surface area contributed by atoms with Crippen LogP contribution in [0.15, 0.2) is 26.5 Å². The minimum Gasteiger partial charge on any atom is -0.493 e. The van der Waals surface area contributed by atoms with Gasteiger partial charge < -0.3 is 9.47 Å². The molecule has 0 spiro atoms. The number of carbonyl (C=O) groups is 1. The van der Waals surface area contributed by atoms with Crippen LogP contribution in [0.3, 0.4) is 0 Å². The van der Waals surface area contributed by atoms with Crippen LogP contribution in [0.2, 0.25) is 0 Å². The maximum Gasteiger partial charge on any atom is 0.266 e. The molecule has 1 fully saturated rings. The molecule has 1 heterocycles. The topological polar surface area (TPSA) is 51.1 Å².